The Kier molecular flexibility index (Phi) is 5.60. The van der Waals surface area contributed by atoms with Gasteiger partial charge in [-0.2, -0.15) is 0 Å². The van der Waals surface area contributed by atoms with E-state index < -0.39 is 0 Å². The van der Waals surface area contributed by atoms with Gasteiger partial charge in [0.05, 0.1) is 6.04 Å². The van der Waals surface area contributed by atoms with Crippen molar-refractivity contribution in [3.05, 3.63) is 74.7 Å². The van der Waals surface area contributed by atoms with Crippen molar-refractivity contribution in [2.75, 3.05) is 11.9 Å². The lowest BCUT2D eigenvalue weighted by Gasteiger charge is -2.22. The smallest absolute Gasteiger partial charge is 0.286 e. The van der Waals surface area contributed by atoms with Crippen molar-refractivity contribution in [2.24, 2.45) is 0 Å². The molecule has 3 aromatic rings. The van der Waals surface area contributed by atoms with Crippen molar-refractivity contribution in [3.63, 3.8) is 0 Å². The number of carbonyl (C=O) groups is 2. The first-order valence-electron chi connectivity index (χ1n) is 9.29. The van der Waals surface area contributed by atoms with Crippen LogP contribution in [-0.2, 0) is 0 Å². The Bertz CT molecular complexity index is 1050. The zero-order chi connectivity index (χ0) is 20.4. The summed E-state index contributed by atoms with van der Waals surface area (Å²) in [6.45, 7) is 2.66. The maximum absolute atomic E-state index is 12.9. The highest BCUT2D eigenvalue weighted by atomic mass is 35.5. The van der Waals surface area contributed by atoms with Crippen LogP contribution in [0.2, 0.25) is 5.02 Å². The minimum Gasteiger partial charge on any atom is -0.329 e. The third-order valence-corrected chi connectivity index (χ3v) is 6.07. The summed E-state index contributed by atoms with van der Waals surface area (Å²) in [7, 11) is 0. The van der Waals surface area contributed by atoms with Crippen LogP contribution in [0.3, 0.4) is 0 Å². The third-order valence-electron chi connectivity index (χ3n) is 4.81. The number of carbonyl (C=O) groups excluding carboxylic acids is 2. The number of amides is 2. The molecular formula is C21H19ClN4O2S. The van der Waals surface area contributed by atoms with Crippen LogP contribution in [0, 0.1) is 6.92 Å². The highest BCUT2D eigenvalue weighted by molar-refractivity contribution is 7.13. The van der Waals surface area contributed by atoms with E-state index in [1.807, 2.05) is 36.1 Å². The van der Waals surface area contributed by atoms with E-state index in [0.717, 1.165) is 18.4 Å². The Morgan fingerprint density at radius 2 is 1.97 bits per heavy atom. The van der Waals surface area contributed by atoms with Gasteiger partial charge in [0.1, 0.15) is 5.01 Å². The number of likely N-dealkylation sites (tertiary alicyclic amines) is 1. The van der Waals surface area contributed by atoms with E-state index >= 15 is 0 Å². The number of halogens is 1. The molecular weight excluding hydrogens is 408 g/mol. The normalized spacial score (nSPS) is 16.1. The van der Waals surface area contributed by atoms with Crippen LogP contribution in [0.4, 0.5) is 5.69 Å². The second-order valence-electron chi connectivity index (χ2n) is 6.93. The minimum atomic E-state index is -0.342. The van der Waals surface area contributed by atoms with E-state index in [9.17, 15) is 9.59 Å². The molecule has 1 fully saturated rings. The first-order valence-corrected chi connectivity index (χ1v) is 10.5. The maximum atomic E-state index is 12.9. The van der Waals surface area contributed by atoms with Crippen LogP contribution in [-0.4, -0.2) is 33.5 Å². The molecule has 1 atom stereocenters. The van der Waals surface area contributed by atoms with E-state index in [-0.39, 0.29) is 22.9 Å². The summed E-state index contributed by atoms with van der Waals surface area (Å²) in [6.07, 6.45) is 1.70. The number of aryl methyl sites for hydroxylation is 1. The molecule has 1 aromatic heterocycles. The molecule has 0 aliphatic carbocycles. The van der Waals surface area contributed by atoms with Crippen molar-refractivity contribution < 1.29 is 9.59 Å². The molecule has 148 valence electrons. The quantitative estimate of drug-likeness (QED) is 0.654. The number of nitrogens with zero attached hydrogens (tertiary/aromatic N) is 3. The molecule has 4 rings (SSSR count). The SMILES string of the molecule is Cc1ccc(C(=O)N2CCCC2c2nnc(C(=O)Nc3cccc(Cl)c3)s2)cc1. The summed E-state index contributed by atoms with van der Waals surface area (Å²) < 4.78 is 0. The zero-order valence-corrected chi connectivity index (χ0v) is 17.3. The molecule has 0 spiro atoms. The fraction of sp³-hybridized carbons (Fsp3) is 0.238. The molecule has 29 heavy (non-hydrogen) atoms. The lowest BCUT2D eigenvalue weighted by Crippen LogP contribution is -2.30. The molecule has 1 aliphatic heterocycles. The Labute approximate surface area is 177 Å². The standard InChI is InChI=1S/C21H19ClN4O2S/c1-13-7-9-14(10-8-13)21(28)26-11-3-6-17(26)19-24-25-20(29-19)18(27)23-16-5-2-4-15(22)12-16/h2,4-5,7-10,12,17H,3,6,11H2,1H3,(H,23,27). The van der Waals surface area contributed by atoms with Gasteiger partial charge >= 0.3 is 0 Å². The Morgan fingerprint density at radius 3 is 2.72 bits per heavy atom. The zero-order valence-electron chi connectivity index (χ0n) is 15.8. The molecule has 2 heterocycles. The van der Waals surface area contributed by atoms with Crippen molar-refractivity contribution in [2.45, 2.75) is 25.8 Å². The Hall–Kier alpha value is -2.77. The fourth-order valence-corrected chi connectivity index (χ4v) is 4.42. The van der Waals surface area contributed by atoms with Crippen molar-refractivity contribution in [1.82, 2.24) is 15.1 Å². The van der Waals surface area contributed by atoms with Crippen LogP contribution in [0.15, 0.2) is 48.5 Å². The topological polar surface area (TPSA) is 75.2 Å². The summed E-state index contributed by atoms with van der Waals surface area (Å²) in [4.78, 5) is 27.3. The van der Waals surface area contributed by atoms with Gasteiger partial charge in [0.2, 0.25) is 5.01 Å². The fourth-order valence-electron chi connectivity index (χ4n) is 3.34. The highest BCUT2D eigenvalue weighted by Crippen LogP contribution is 2.35. The number of rotatable bonds is 4. The third kappa shape index (κ3) is 4.31. The van der Waals surface area contributed by atoms with E-state index in [1.165, 1.54) is 11.3 Å². The van der Waals surface area contributed by atoms with Crippen LogP contribution in [0.1, 0.15) is 49.6 Å². The average Bonchev–Trinajstić information content (AvgIpc) is 3.37. The van der Waals surface area contributed by atoms with E-state index in [1.54, 1.807) is 24.3 Å². The van der Waals surface area contributed by atoms with Gasteiger partial charge in [-0.25, -0.2) is 0 Å². The first-order chi connectivity index (χ1) is 14.0. The second-order valence-corrected chi connectivity index (χ2v) is 8.38. The molecule has 0 radical (unpaired) electrons. The van der Waals surface area contributed by atoms with Crippen molar-refractivity contribution >= 4 is 40.4 Å². The van der Waals surface area contributed by atoms with Crippen molar-refractivity contribution in [1.29, 1.82) is 0 Å². The molecule has 2 aromatic carbocycles. The second kappa shape index (κ2) is 8.31. The summed E-state index contributed by atoms with van der Waals surface area (Å²) in [5.74, 6) is -0.363. The molecule has 6 nitrogen and oxygen atoms in total. The van der Waals surface area contributed by atoms with Crippen molar-refractivity contribution in [3.8, 4) is 0 Å². The largest absolute Gasteiger partial charge is 0.329 e. The van der Waals surface area contributed by atoms with Gasteiger partial charge < -0.3 is 10.2 Å². The van der Waals surface area contributed by atoms with E-state index in [0.29, 0.717) is 27.8 Å². The van der Waals surface area contributed by atoms with Crippen LogP contribution >= 0.6 is 22.9 Å². The van der Waals surface area contributed by atoms with Gasteiger partial charge in [-0.05, 0) is 50.1 Å². The maximum Gasteiger partial charge on any atom is 0.286 e. The van der Waals surface area contributed by atoms with Crippen LogP contribution in [0.25, 0.3) is 0 Å². The van der Waals surface area contributed by atoms with Crippen LogP contribution in [0.5, 0.6) is 0 Å². The molecule has 1 unspecified atom stereocenters. The number of benzene rings is 2. The lowest BCUT2D eigenvalue weighted by atomic mass is 10.1. The summed E-state index contributed by atoms with van der Waals surface area (Å²) in [5.41, 5.74) is 2.36. The first kappa shape index (κ1) is 19.5. The highest BCUT2D eigenvalue weighted by Gasteiger charge is 2.33. The van der Waals surface area contributed by atoms with E-state index in [4.69, 9.17) is 11.6 Å². The predicted octanol–water partition coefficient (Wildman–Crippen LogP) is 4.73. The number of nitrogens with one attached hydrogen (secondary N) is 1. The summed E-state index contributed by atoms with van der Waals surface area (Å²) in [5, 5.41) is 12.5. The molecule has 8 heteroatoms. The van der Waals surface area contributed by atoms with E-state index in [2.05, 4.69) is 15.5 Å². The van der Waals surface area contributed by atoms with Gasteiger partial charge in [-0.1, -0.05) is 46.7 Å². The summed E-state index contributed by atoms with van der Waals surface area (Å²) >= 11 is 7.17. The molecule has 0 saturated carbocycles. The number of anilines is 1. The molecule has 1 aliphatic rings. The Balaban J connectivity index is 1.49. The lowest BCUT2D eigenvalue weighted by molar-refractivity contribution is 0.0735. The molecule has 2 amide bonds. The van der Waals surface area contributed by atoms with Gasteiger partial charge in [-0.3, -0.25) is 9.59 Å². The average molecular weight is 427 g/mol. The van der Waals surface area contributed by atoms with Crippen LogP contribution < -0.4 is 5.32 Å². The summed E-state index contributed by atoms with van der Waals surface area (Å²) in [6, 6.07) is 14.3. The van der Waals surface area contributed by atoms with Gasteiger partial charge in [0.15, 0.2) is 0 Å². The molecule has 1 saturated heterocycles. The van der Waals surface area contributed by atoms with Gasteiger partial charge in [0, 0.05) is 22.8 Å². The molecule has 1 N–H and O–H groups in total. The van der Waals surface area contributed by atoms with Gasteiger partial charge in [0.25, 0.3) is 11.8 Å². The number of hydrogen-bond acceptors (Lipinski definition) is 5. The Morgan fingerprint density at radius 1 is 1.17 bits per heavy atom. The predicted molar refractivity (Wildman–Crippen MR) is 114 cm³/mol. The monoisotopic (exact) mass is 426 g/mol. The minimum absolute atomic E-state index is 0.0207. The number of hydrogen-bond donors (Lipinski definition) is 1. The van der Waals surface area contributed by atoms with Gasteiger partial charge in [-0.15, -0.1) is 10.2 Å². The number of aromatic nitrogens is 2. The molecule has 0 bridgehead atoms.